The molecule has 0 amide bonds. The standard InChI is InChI=1S/C37H63NO/c1-28(2)15-13-16-30(4)34-23-24-35-31(17-14-25-37(34,35)5)21-22-32-27-33(20-19-29(32)3)36(39)18-11-9-8-10-12-26-38(6)7/h21-22,28,30,33-35H,3,8-20,23-27H2,1-2,4-7H3/b31-21+,32-22+/t30-,33+,34-,35?,37-/m1/s1. The molecule has 5 atom stereocenters. The summed E-state index contributed by atoms with van der Waals surface area (Å²) < 4.78 is 0. The second-order valence-electron chi connectivity index (χ2n) is 14.7. The fourth-order valence-corrected chi connectivity index (χ4v) is 8.41. The molecule has 2 heteroatoms. The second-order valence-corrected chi connectivity index (χ2v) is 14.7. The SMILES string of the molecule is C=C1CC[C@H](C(=O)CCCCCCCN(C)C)C/C1=C\C=C1/CCC[C@@]2(C)C1CC[C@@H]2[C@H](C)CCCC(C)C. The highest BCUT2D eigenvalue weighted by molar-refractivity contribution is 5.81. The molecule has 3 fully saturated rings. The van der Waals surface area contributed by atoms with Crippen molar-refractivity contribution in [2.45, 2.75) is 137 Å². The first-order chi connectivity index (χ1) is 18.6. The molecule has 0 saturated heterocycles. The fraction of sp³-hybridized carbons (Fsp3) is 0.811. The lowest BCUT2D eigenvalue weighted by molar-refractivity contribution is -0.123. The molecular formula is C37H63NO. The van der Waals surface area contributed by atoms with Gasteiger partial charge in [0.25, 0.3) is 0 Å². The first kappa shape index (κ1) is 32.4. The first-order valence-electron chi connectivity index (χ1n) is 16.9. The van der Waals surface area contributed by atoms with Gasteiger partial charge in [-0.15, -0.1) is 0 Å². The van der Waals surface area contributed by atoms with Crippen molar-refractivity contribution in [1.29, 1.82) is 0 Å². The van der Waals surface area contributed by atoms with Crippen LogP contribution in [-0.2, 0) is 4.79 Å². The minimum Gasteiger partial charge on any atom is -0.309 e. The van der Waals surface area contributed by atoms with Gasteiger partial charge in [0.2, 0.25) is 0 Å². The maximum absolute atomic E-state index is 13.1. The lowest BCUT2D eigenvalue weighted by Gasteiger charge is -2.44. The van der Waals surface area contributed by atoms with Crippen LogP contribution in [0.4, 0.5) is 0 Å². The van der Waals surface area contributed by atoms with Gasteiger partial charge in [0.1, 0.15) is 5.78 Å². The zero-order valence-corrected chi connectivity index (χ0v) is 26.8. The van der Waals surface area contributed by atoms with E-state index in [2.05, 4.69) is 65.4 Å². The predicted octanol–water partition coefficient (Wildman–Crippen LogP) is 10.3. The molecular weight excluding hydrogens is 474 g/mol. The fourth-order valence-electron chi connectivity index (χ4n) is 8.41. The summed E-state index contributed by atoms with van der Waals surface area (Å²) in [6, 6.07) is 0. The Bertz CT molecular complexity index is 847. The van der Waals surface area contributed by atoms with Gasteiger partial charge in [0.15, 0.2) is 0 Å². The van der Waals surface area contributed by atoms with Gasteiger partial charge in [-0.3, -0.25) is 4.79 Å². The summed E-state index contributed by atoms with van der Waals surface area (Å²) >= 11 is 0. The quantitative estimate of drug-likeness (QED) is 0.194. The van der Waals surface area contributed by atoms with E-state index < -0.39 is 0 Å². The number of hydrogen-bond acceptors (Lipinski definition) is 2. The Kier molecular flexibility index (Phi) is 13.1. The van der Waals surface area contributed by atoms with Crippen molar-refractivity contribution in [3.8, 4) is 0 Å². The van der Waals surface area contributed by atoms with Crippen LogP contribution in [0, 0.1) is 35.0 Å². The summed E-state index contributed by atoms with van der Waals surface area (Å²) in [5, 5.41) is 0. The number of carbonyl (C=O) groups is 1. The third-order valence-electron chi connectivity index (χ3n) is 10.9. The number of ketones is 1. The van der Waals surface area contributed by atoms with Crippen LogP contribution in [0.3, 0.4) is 0 Å². The van der Waals surface area contributed by atoms with E-state index in [0.29, 0.717) is 11.2 Å². The minimum absolute atomic E-state index is 0.216. The topological polar surface area (TPSA) is 20.3 Å². The molecule has 0 aliphatic heterocycles. The summed E-state index contributed by atoms with van der Waals surface area (Å²) in [6.45, 7) is 15.5. The van der Waals surface area contributed by atoms with E-state index in [0.717, 1.165) is 55.8 Å². The maximum Gasteiger partial charge on any atom is 0.136 e. The van der Waals surface area contributed by atoms with Crippen molar-refractivity contribution in [2.75, 3.05) is 20.6 Å². The molecule has 3 rings (SSSR count). The van der Waals surface area contributed by atoms with Crippen LogP contribution in [0.25, 0.3) is 0 Å². The van der Waals surface area contributed by atoms with Gasteiger partial charge in [-0.25, -0.2) is 0 Å². The Hall–Kier alpha value is -1.15. The molecule has 0 aromatic rings. The molecule has 222 valence electrons. The number of allylic oxidation sites excluding steroid dienone is 5. The Morgan fingerprint density at radius 2 is 1.72 bits per heavy atom. The third kappa shape index (κ3) is 9.44. The molecule has 0 aromatic heterocycles. The number of carbonyl (C=O) groups excluding carboxylic acids is 1. The van der Waals surface area contributed by atoms with Crippen LogP contribution < -0.4 is 0 Å². The predicted molar refractivity (Wildman–Crippen MR) is 170 cm³/mol. The average Bonchev–Trinajstić information content (AvgIpc) is 3.24. The maximum atomic E-state index is 13.1. The number of rotatable bonds is 15. The second kappa shape index (κ2) is 15.7. The van der Waals surface area contributed by atoms with Crippen molar-refractivity contribution in [2.24, 2.45) is 35.0 Å². The van der Waals surface area contributed by atoms with E-state index in [-0.39, 0.29) is 5.92 Å². The summed E-state index contributed by atoms with van der Waals surface area (Å²) in [5.74, 6) is 4.03. The van der Waals surface area contributed by atoms with E-state index in [4.69, 9.17) is 0 Å². The van der Waals surface area contributed by atoms with E-state index in [1.807, 2.05) is 0 Å². The molecule has 0 bridgehead atoms. The van der Waals surface area contributed by atoms with Gasteiger partial charge in [-0.1, -0.05) is 96.1 Å². The highest BCUT2D eigenvalue weighted by Crippen LogP contribution is 2.60. The zero-order chi connectivity index (χ0) is 28.4. The van der Waals surface area contributed by atoms with Crippen molar-refractivity contribution < 1.29 is 4.79 Å². The Morgan fingerprint density at radius 1 is 0.974 bits per heavy atom. The molecule has 39 heavy (non-hydrogen) atoms. The highest BCUT2D eigenvalue weighted by Gasteiger charge is 2.50. The Labute approximate surface area is 243 Å². The van der Waals surface area contributed by atoms with E-state index in [1.165, 1.54) is 94.7 Å². The van der Waals surface area contributed by atoms with E-state index >= 15 is 0 Å². The number of hydrogen-bond donors (Lipinski definition) is 0. The molecule has 0 N–H and O–H groups in total. The smallest absolute Gasteiger partial charge is 0.136 e. The normalized spacial score (nSPS) is 30.5. The first-order valence-corrected chi connectivity index (χ1v) is 16.9. The van der Waals surface area contributed by atoms with Crippen LogP contribution in [0.15, 0.2) is 35.5 Å². The number of Topliss-reactive ketones (excluding diaryl/α,β-unsaturated/α-hetero) is 1. The summed E-state index contributed by atoms with van der Waals surface area (Å²) in [4.78, 5) is 15.3. The van der Waals surface area contributed by atoms with Crippen molar-refractivity contribution in [1.82, 2.24) is 4.90 Å². The summed E-state index contributed by atoms with van der Waals surface area (Å²) in [5.41, 5.74) is 4.82. The number of fused-ring (bicyclic) bond motifs is 1. The summed E-state index contributed by atoms with van der Waals surface area (Å²) in [7, 11) is 4.29. The lowest BCUT2D eigenvalue weighted by Crippen LogP contribution is -2.36. The molecule has 0 aromatic carbocycles. The molecule has 0 spiro atoms. The molecule has 0 heterocycles. The van der Waals surface area contributed by atoms with Gasteiger partial charge in [-0.2, -0.15) is 0 Å². The number of nitrogens with zero attached hydrogens (tertiary/aromatic N) is 1. The van der Waals surface area contributed by atoms with Gasteiger partial charge in [0.05, 0.1) is 0 Å². The zero-order valence-electron chi connectivity index (χ0n) is 26.8. The molecule has 1 unspecified atom stereocenters. The monoisotopic (exact) mass is 537 g/mol. The van der Waals surface area contributed by atoms with Gasteiger partial charge in [-0.05, 0) is 120 Å². The minimum atomic E-state index is 0.216. The van der Waals surface area contributed by atoms with Crippen LogP contribution in [0.2, 0.25) is 0 Å². The highest BCUT2D eigenvalue weighted by atomic mass is 16.1. The van der Waals surface area contributed by atoms with Crippen LogP contribution in [-0.4, -0.2) is 31.3 Å². The van der Waals surface area contributed by atoms with Gasteiger partial charge in [0, 0.05) is 12.3 Å². The van der Waals surface area contributed by atoms with Crippen molar-refractivity contribution in [3.63, 3.8) is 0 Å². The lowest BCUT2D eigenvalue weighted by atomic mass is 9.60. The Balaban J connectivity index is 1.53. The van der Waals surface area contributed by atoms with Gasteiger partial charge < -0.3 is 4.90 Å². The van der Waals surface area contributed by atoms with E-state index in [9.17, 15) is 4.79 Å². The number of unbranched alkanes of at least 4 members (excludes halogenated alkanes) is 4. The Morgan fingerprint density at radius 3 is 2.46 bits per heavy atom. The molecule has 3 aliphatic rings. The van der Waals surface area contributed by atoms with E-state index in [1.54, 1.807) is 5.57 Å². The van der Waals surface area contributed by atoms with Crippen molar-refractivity contribution >= 4 is 5.78 Å². The molecule has 3 saturated carbocycles. The summed E-state index contributed by atoms with van der Waals surface area (Å²) in [6.07, 6.45) is 25.6. The molecule has 2 nitrogen and oxygen atoms in total. The van der Waals surface area contributed by atoms with Gasteiger partial charge >= 0.3 is 0 Å². The largest absolute Gasteiger partial charge is 0.309 e. The van der Waals surface area contributed by atoms with Crippen molar-refractivity contribution in [3.05, 3.63) is 35.5 Å². The van der Waals surface area contributed by atoms with Crippen LogP contribution in [0.5, 0.6) is 0 Å². The molecule has 0 radical (unpaired) electrons. The average molecular weight is 538 g/mol. The van der Waals surface area contributed by atoms with Crippen LogP contribution >= 0.6 is 0 Å². The molecule has 3 aliphatic carbocycles. The van der Waals surface area contributed by atoms with Crippen LogP contribution in [0.1, 0.15) is 137 Å². The third-order valence-corrected chi connectivity index (χ3v) is 10.9.